The lowest BCUT2D eigenvalue weighted by Crippen LogP contribution is -2.50. The highest BCUT2D eigenvalue weighted by Gasteiger charge is 2.34. The molecule has 0 fully saturated rings. The van der Waals surface area contributed by atoms with E-state index in [0.29, 0.717) is 13.0 Å². The predicted molar refractivity (Wildman–Crippen MR) is 75.2 cm³/mol. The summed E-state index contributed by atoms with van der Waals surface area (Å²) in [6.45, 7) is 8.42. The molecule has 0 rings (SSSR count). The van der Waals surface area contributed by atoms with Crippen LogP contribution in [0, 0.1) is 0 Å². The summed E-state index contributed by atoms with van der Waals surface area (Å²) in [5.74, 6) is -0.275. The average molecular weight is 275 g/mol. The molecule has 0 aromatic carbocycles. The second kappa shape index (κ2) is 7.82. The molecule has 0 aliphatic carbocycles. The monoisotopic (exact) mass is 275 g/mol. The number of nitrogens with one attached hydrogen (secondary N) is 1. The van der Waals surface area contributed by atoms with Gasteiger partial charge in [0.15, 0.2) is 0 Å². The molecule has 114 valence electrons. The van der Waals surface area contributed by atoms with Crippen molar-refractivity contribution >= 4 is 5.97 Å². The molecular formula is C14H29NO4. The smallest absolute Gasteiger partial charge is 0.325 e. The van der Waals surface area contributed by atoms with Crippen LogP contribution in [0.3, 0.4) is 0 Å². The van der Waals surface area contributed by atoms with E-state index in [0.717, 1.165) is 6.42 Å². The van der Waals surface area contributed by atoms with Gasteiger partial charge in [-0.2, -0.15) is 0 Å². The summed E-state index contributed by atoms with van der Waals surface area (Å²) in [7, 11) is 4.83. The van der Waals surface area contributed by atoms with Crippen molar-refractivity contribution in [1.29, 1.82) is 0 Å². The molecule has 0 radical (unpaired) electrons. The Hall–Kier alpha value is -0.650. The lowest BCUT2D eigenvalue weighted by molar-refractivity contribution is -0.149. The summed E-state index contributed by atoms with van der Waals surface area (Å²) in [6, 6.07) is 0. The zero-order valence-corrected chi connectivity index (χ0v) is 13.3. The standard InChI is InChI=1S/C14H29NO4/c1-11(19-9-8-13(2,3)18-7)10-14(4,15-5)12(16)17-6/h11,15H,8-10H2,1-7H3. The van der Waals surface area contributed by atoms with Crippen LogP contribution < -0.4 is 5.32 Å². The summed E-state index contributed by atoms with van der Waals surface area (Å²) in [5.41, 5.74) is -0.903. The number of carbonyl (C=O) groups excluding carboxylic acids is 1. The molecule has 0 aromatic heterocycles. The van der Waals surface area contributed by atoms with Crippen LogP contribution >= 0.6 is 0 Å². The van der Waals surface area contributed by atoms with E-state index in [2.05, 4.69) is 5.32 Å². The molecule has 2 atom stereocenters. The van der Waals surface area contributed by atoms with Crippen molar-refractivity contribution in [2.45, 2.75) is 57.8 Å². The van der Waals surface area contributed by atoms with Gasteiger partial charge in [-0.1, -0.05) is 0 Å². The van der Waals surface area contributed by atoms with E-state index in [-0.39, 0.29) is 17.7 Å². The SMILES string of the molecule is CNC(C)(CC(C)OCCC(C)(C)OC)C(=O)OC. The zero-order chi connectivity index (χ0) is 15.1. The fraction of sp³-hybridized carbons (Fsp3) is 0.929. The molecule has 0 heterocycles. The lowest BCUT2D eigenvalue weighted by atomic mass is 9.95. The molecule has 0 aliphatic rings. The van der Waals surface area contributed by atoms with E-state index in [1.165, 1.54) is 7.11 Å². The third-order valence-electron chi connectivity index (χ3n) is 3.54. The van der Waals surface area contributed by atoms with Gasteiger partial charge < -0.3 is 19.5 Å². The Kier molecular flexibility index (Phi) is 7.55. The second-order valence-electron chi connectivity index (χ2n) is 5.67. The van der Waals surface area contributed by atoms with Gasteiger partial charge in [0.05, 0.1) is 18.8 Å². The van der Waals surface area contributed by atoms with Crippen molar-refractivity contribution in [3.05, 3.63) is 0 Å². The Morgan fingerprint density at radius 3 is 2.26 bits per heavy atom. The maximum atomic E-state index is 11.7. The largest absolute Gasteiger partial charge is 0.468 e. The molecule has 5 nitrogen and oxygen atoms in total. The van der Waals surface area contributed by atoms with Crippen LogP contribution in [0.2, 0.25) is 0 Å². The fourth-order valence-electron chi connectivity index (χ4n) is 1.75. The van der Waals surface area contributed by atoms with Crippen LogP contribution in [0.25, 0.3) is 0 Å². The summed E-state index contributed by atoms with van der Waals surface area (Å²) in [4.78, 5) is 11.7. The van der Waals surface area contributed by atoms with Crippen LogP contribution in [0.5, 0.6) is 0 Å². The van der Waals surface area contributed by atoms with Gasteiger partial charge >= 0.3 is 5.97 Å². The molecule has 0 aromatic rings. The van der Waals surface area contributed by atoms with Gasteiger partial charge in [-0.25, -0.2) is 0 Å². The lowest BCUT2D eigenvalue weighted by Gasteiger charge is -2.30. The Morgan fingerprint density at radius 2 is 1.84 bits per heavy atom. The van der Waals surface area contributed by atoms with Crippen LogP contribution in [-0.2, 0) is 19.0 Å². The highest BCUT2D eigenvalue weighted by molar-refractivity contribution is 5.80. The minimum Gasteiger partial charge on any atom is -0.468 e. The first-order chi connectivity index (χ1) is 8.70. The number of methoxy groups -OCH3 is 2. The zero-order valence-electron chi connectivity index (χ0n) is 13.3. The molecule has 0 spiro atoms. The summed E-state index contributed by atoms with van der Waals surface area (Å²) >= 11 is 0. The molecule has 19 heavy (non-hydrogen) atoms. The number of hydrogen-bond donors (Lipinski definition) is 1. The van der Waals surface area contributed by atoms with Crippen LogP contribution in [0.15, 0.2) is 0 Å². The fourth-order valence-corrected chi connectivity index (χ4v) is 1.75. The summed E-state index contributed by atoms with van der Waals surface area (Å²) in [6.07, 6.45) is 1.33. The second-order valence-corrected chi connectivity index (χ2v) is 5.67. The van der Waals surface area contributed by atoms with E-state index in [9.17, 15) is 4.79 Å². The Labute approximate surface area is 117 Å². The normalized spacial score (nSPS) is 16.8. The molecule has 2 unspecified atom stereocenters. The third-order valence-corrected chi connectivity index (χ3v) is 3.54. The Morgan fingerprint density at radius 1 is 1.26 bits per heavy atom. The van der Waals surface area contributed by atoms with Gasteiger partial charge in [-0.05, 0) is 41.2 Å². The third kappa shape index (κ3) is 6.36. The van der Waals surface area contributed by atoms with Gasteiger partial charge in [0.2, 0.25) is 0 Å². The van der Waals surface area contributed by atoms with E-state index in [1.807, 2.05) is 27.7 Å². The van der Waals surface area contributed by atoms with Crippen molar-refractivity contribution in [3.63, 3.8) is 0 Å². The first kappa shape index (κ1) is 18.4. The van der Waals surface area contributed by atoms with Crippen molar-refractivity contribution < 1.29 is 19.0 Å². The van der Waals surface area contributed by atoms with E-state index in [1.54, 1.807) is 14.2 Å². The molecule has 0 bridgehead atoms. The molecule has 0 aliphatic heterocycles. The van der Waals surface area contributed by atoms with E-state index < -0.39 is 5.54 Å². The number of ether oxygens (including phenoxy) is 3. The van der Waals surface area contributed by atoms with Gasteiger partial charge in [-0.3, -0.25) is 4.79 Å². The van der Waals surface area contributed by atoms with E-state index >= 15 is 0 Å². The van der Waals surface area contributed by atoms with Crippen molar-refractivity contribution in [1.82, 2.24) is 5.32 Å². The number of likely N-dealkylation sites (N-methyl/N-ethyl adjacent to an activating group) is 1. The highest BCUT2D eigenvalue weighted by Crippen LogP contribution is 2.18. The maximum absolute atomic E-state index is 11.7. The molecule has 0 amide bonds. The number of rotatable bonds is 9. The number of hydrogen-bond acceptors (Lipinski definition) is 5. The van der Waals surface area contributed by atoms with Crippen molar-refractivity contribution in [3.8, 4) is 0 Å². The van der Waals surface area contributed by atoms with Gasteiger partial charge in [0, 0.05) is 20.1 Å². The summed E-state index contributed by atoms with van der Waals surface area (Å²) < 4.78 is 15.9. The van der Waals surface area contributed by atoms with Crippen molar-refractivity contribution in [2.24, 2.45) is 0 Å². The van der Waals surface area contributed by atoms with Crippen LogP contribution in [0.4, 0.5) is 0 Å². The number of esters is 1. The van der Waals surface area contributed by atoms with Gasteiger partial charge in [0.1, 0.15) is 5.54 Å². The predicted octanol–water partition coefficient (Wildman–Crippen LogP) is 1.75. The molecule has 0 saturated carbocycles. The molecule has 1 N–H and O–H groups in total. The van der Waals surface area contributed by atoms with E-state index in [4.69, 9.17) is 14.2 Å². The maximum Gasteiger partial charge on any atom is 0.325 e. The molecule has 0 saturated heterocycles. The van der Waals surface area contributed by atoms with Gasteiger partial charge in [-0.15, -0.1) is 0 Å². The minimum atomic E-state index is -0.717. The highest BCUT2D eigenvalue weighted by atomic mass is 16.5. The topological polar surface area (TPSA) is 56.8 Å². The minimum absolute atomic E-state index is 0.0378. The first-order valence-electron chi connectivity index (χ1n) is 6.65. The average Bonchev–Trinajstić information content (AvgIpc) is 2.37. The molecule has 5 heteroatoms. The van der Waals surface area contributed by atoms with Crippen molar-refractivity contribution in [2.75, 3.05) is 27.9 Å². The number of carbonyl (C=O) groups is 1. The van der Waals surface area contributed by atoms with Gasteiger partial charge in [0.25, 0.3) is 0 Å². The Bertz CT molecular complexity index is 281. The Balaban J connectivity index is 4.22. The first-order valence-corrected chi connectivity index (χ1v) is 6.65. The molecular weight excluding hydrogens is 246 g/mol. The summed E-state index contributed by atoms with van der Waals surface area (Å²) in [5, 5.41) is 3.00. The van der Waals surface area contributed by atoms with Crippen LogP contribution in [-0.4, -0.2) is 51.1 Å². The van der Waals surface area contributed by atoms with Crippen LogP contribution in [0.1, 0.15) is 40.5 Å². The quantitative estimate of drug-likeness (QED) is 0.650.